The molecule has 15 heteroatoms. The molecule has 10 nitrogen and oxygen atoms in total. The molecule has 1 N–H and O–H groups in total. The number of carbonyl (C=O) groups is 1. The summed E-state index contributed by atoms with van der Waals surface area (Å²) in [6, 6.07) is 8.89. The molecule has 0 saturated heterocycles. The first-order valence-electron chi connectivity index (χ1n) is 12.2. The fraction of sp³-hybridized carbons (Fsp3) is 0.143. The second kappa shape index (κ2) is 11.0. The van der Waals surface area contributed by atoms with Gasteiger partial charge in [0.25, 0.3) is 11.2 Å². The number of benzene rings is 2. The number of ether oxygens (including phenoxy) is 1. The van der Waals surface area contributed by atoms with E-state index in [1.165, 1.54) is 29.8 Å². The van der Waals surface area contributed by atoms with Gasteiger partial charge in [-0.2, -0.15) is 18.4 Å². The first-order chi connectivity index (χ1) is 20.3. The molecule has 3 heterocycles. The van der Waals surface area contributed by atoms with Crippen molar-refractivity contribution in [3.05, 3.63) is 95.9 Å². The quantitative estimate of drug-likeness (QED) is 0.152. The van der Waals surface area contributed by atoms with Gasteiger partial charge in [-0.15, -0.1) is 11.3 Å². The van der Waals surface area contributed by atoms with Gasteiger partial charge in [-0.3, -0.25) is 19.9 Å². The third kappa shape index (κ3) is 5.24. The smallest absolute Gasteiger partial charge is 0.416 e. The Balaban J connectivity index is 1.56. The van der Waals surface area contributed by atoms with Gasteiger partial charge >= 0.3 is 12.1 Å². The monoisotopic (exact) mass is 628 g/mol. The highest BCUT2D eigenvalue weighted by Crippen LogP contribution is 2.40. The molecule has 0 aliphatic carbocycles. The number of nitriles is 1. The number of nitro groups is 1. The fourth-order valence-corrected chi connectivity index (χ4v) is 6.00. The number of hydrogen-bond donors (Lipinski definition) is 1. The molecule has 0 atom stereocenters. The summed E-state index contributed by atoms with van der Waals surface area (Å²) in [5, 5.41) is 31.7. The van der Waals surface area contributed by atoms with Gasteiger partial charge in [-0.25, -0.2) is 4.79 Å². The lowest BCUT2D eigenvalue weighted by atomic mass is 10.00. The molecule has 3 aromatic heterocycles. The van der Waals surface area contributed by atoms with E-state index >= 15 is 0 Å². The molecular formula is C28H16ClF3N4O6S. The number of pyridine rings is 2. The molecule has 5 rings (SSSR count). The molecule has 0 aliphatic heterocycles. The Bertz CT molecular complexity index is 2080. The fourth-order valence-electron chi connectivity index (χ4n) is 4.80. The highest BCUT2D eigenvalue weighted by atomic mass is 35.5. The predicted molar refractivity (Wildman–Crippen MR) is 152 cm³/mol. The van der Waals surface area contributed by atoms with Crippen LogP contribution in [0.1, 0.15) is 27.2 Å². The van der Waals surface area contributed by atoms with Crippen LogP contribution in [0, 0.1) is 28.4 Å². The molecule has 0 amide bonds. The molecule has 218 valence electrons. The Hall–Kier alpha value is -5.00. The summed E-state index contributed by atoms with van der Waals surface area (Å²) in [6.07, 6.45) is -3.46. The normalized spacial score (nSPS) is 11.5. The van der Waals surface area contributed by atoms with Crippen molar-refractivity contribution in [2.45, 2.75) is 19.6 Å². The lowest BCUT2D eigenvalue weighted by molar-refractivity contribution is -0.384. The van der Waals surface area contributed by atoms with Crippen LogP contribution in [0.3, 0.4) is 0 Å². The number of nitrogens with zero attached hydrogens (tertiary/aromatic N) is 4. The maximum atomic E-state index is 13.5. The Morgan fingerprint density at radius 1 is 1.26 bits per heavy atom. The van der Waals surface area contributed by atoms with Crippen LogP contribution in [0.25, 0.3) is 32.1 Å². The first kappa shape index (κ1) is 29.5. The zero-order valence-electron chi connectivity index (χ0n) is 21.7. The molecular weight excluding hydrogens is 613 g/mol. The van der Waals surface area contributed by atoms with E-state index in [1.54, 1.807) is 30.3 Å². The van der Waals surface area contributed by atoms with Crippen molar-refractivity contribution >= 4 is 55.6 Å². The third-order valence-electron chi connectivity index (χ3n) is 6.72. The van der Waals surface area contributed by atoms with Gasteiger partial charge in [-0.05, 0) is 43.3 Å². The number of carboxylic acid groups (broad SMARTS) is 1. The van der Waals surface area contributed by atoms with E-state index in [-0.39, 0.29) is 35.7 Å². The second-order valence-corrected chi connectivity index (χ2v) is 10.5. The highest BCUT2D eigenvalue weighted by molar-refractivity contribution is 7.18. The van der Waals surface area contributed by atoms with Crippen LogP contribution in [0.15, 0.2) is 52.8 Å². The minimum atomic E-state index is -4.90. The SMILES string of the molecule is Cc1c([N+](=O)[O-])c2cc(C(F)(F)F)cc(C#N)c2c(=O)n1CCOc1ccc(Cl)cc1-c1ccnc2c(C(=O)O)csc12. The number of rotatable bonds is 7. The maximum Gasteiger partial charge on any atom is 0.416 e. The summed E-state index contributed by atoms with van der Waals surface area (Å²) in [6.45, 7) is 0.743. The van der Waals surface area contributed by atoms with E-state index in [1.807, 2.05) is 0 Å². The third-order valence-corrected chi connectivity index (χ3v) is 7.96. The van der Waals surface area contributed by atoms with Crippen molar-refractivity contribution in [1.29, 1.82) is 5.26 Å². The summed E-state index contributed by atoms with van der Waals surface area (Å²) in [5.41, 5.74) is -2.43. The molecule has 0 fully saturated rings. The summed E-state index contributed by atoms with van der Waals surface area (Å²) < 4.78 is 47.9. The van der Waals surface area contributed by atoms with Crippen LogP contribution in [0.4, 0.5) is 18.9 Å². The van der Waals surface area contributed by atoms with E-state index in [9.17, 15) is 43.2 Å². The van der Waals surface area contributed by atoms with E-state index in [2.05, 4.69) is 4.98 Å². The Labute approximate surface area is 247 Å². The van der Waals surface area contributed by atoms with Crippen LogP contribution in [0.5, 0.6) is 5.75 Å². The van der Waals surface area contributed by atoms with Crippen molar-refractivity contribution in [3.8, 4) is 22.9 Å². The van der Waals surface area contributed by atoms with Gasteiger partial charge in [0.2, 0.25) is 0 Å². The number of fused-ring (bicyclic) bond motifs is 2. The maximum absolute atomic E-state index is 13.5. The van der Waals surface area contributed by atoms with Gasteiger partial charge in [-0.1, -0.05) is 11.6 Å². The van der Waals surface area contributed by atoms with Gasteiger partial charge < -0.3 is 14.4 Å². The van der Waals surface area contributed by atoms with Crippen molar-refractivity contribution in [3.63, 3.8) is 0 Å². The summed E-state index contributed by atoms with van der Waals surface area (Å²) in [5.74, 6) is -0.853. The number of halogens is 4. The van der Waals surface area contributed by atoms with Gasteiger partial charge in [0.05, 0.1) is 60.9 Å². The average Bonchev–Trinajstić information content (AvgIpc) is 3.39. The first-order valence-corrected chi connectivity index (χ1v) is 13.4. The summed E-state index contributed by atoms with van der Waals surface area (Å²) in [7, 11) is 0. The van der Waals surface area contributed by atoms with Crippen molar-refractivity contribution < 1.29 is 32.7 Å². The Morgan fingerprint density at radius 2 is 2.00 bits per heavy atom. The highest BCUT2D eigenvalue weighted by Gasteiger charge is 2.34. The zero-order valence-corrected chi connectivity index (χ0v) is 23.3. The molecule has 0 aliphatic rings. The molecule has 0 bridgehead atoms. The molecule has 0 unspecified atom stereocenters. The van der Waals surface area contributed by atoms with Crippen molar-refractivity contribution in [2.24, 2.45) is 0 Å². The molecule has 43 heavy (non-hydrogen) atoms. The Kier molecular flexibility index (Phi) is 7.55. The van der Waals surface area contributed by atoms with Crippen LogP contribution < -0.4 is 10.3 Å². The number of carboxylic acids is 1. The molecule has 5 aromatic rings. The Morgan fingerprint density at radius 3 is 2.65 bits per heavy atom. The number of aromatic nitrogens is 2. The number of aromatic carboxylic acids is 1. The van der Waals surface area contributed by atoms with E-state index in [0.717, 1.165) is 4.57 Å². The van der Waals surface area contributed by atoms with Crippen molar-refractivity contribution in [1.82, 2.24) is 9.55 Å². The van der Waals surface area contributed by atoms with Gasteiger partial charge in [0.15, 0.2) is 0 Å². The molecule has 0 radical (unpaired) electrons. The van der Waals surface area contributed by atoms with Crippen LogP contribution >= 0.6 is 22.9 Å². The number of hydrogen-bond acceptors (Lipinski definition) is 8. The summed E-state index contributed by atoms with van der Waals surface area (Å²) >= 11 is 7.41. The molecule has 0 spiro atoms. The lowest BCUT2D eigenvalue weighted by Crippen LogP contribution is -2.27. The minimum absolute atomic E-state index is 0.0261. The average molecular weight is 629 g/mol. The van der Waals surface area contributed by atoms with E-state index < -0.39 is 50.2 Å². The van der Waals surface area contributed by atoms with E-state index in [0.29, 0.717) is 33.0 Å². The lowest BCUT2D eigenvalue weighted by Gasteiger charge is -2.17. The van der Waals surface area contributed by atoms with Crippen molar-refractivity contribution in [2.75, 3.05) is 6.61 Å². The molecule has 2 aromatic carbocycles. The largest absolute Gasteiger partial charge is 0.491 e. The number of thiophene rings is 1. The van der Waals surface area contributed by atoms with Crippen LogP contribution in [-0.2, 0) is 12.7 Å². The topological polar surface area (TPSA) is 148 Å². The number of alkyl halides is 3. The van der Waals surface area contributed by atoms with E-state index in [4.69, 9.17) is 16.3 Å². The second-order valence-electron chi connectivity index (χ2n) is 9.18. The van der Waals surface area contributed by atoms with Gasteiger partial charge in [0, 0.05) is 27.7 Å². The van der Waals surface area contributed by atoms with Gasteiger partial charge in [0.1, 0.15) is 12.4 Å². The standard InChI is InChI=1S/C28H16ClF3N4O6S/c1-13-24(36(40)41)19-9-15(28(30,31)32)8-14(11-33)22(19)26(37)35(13)6-7-42-21-3-2-16(29)10-18(21)17-4-5-34-23-20(27(38)39)12-43-25(17)23/h2-5,8-10,12H,6-7H2,1H3,(H,38,39). The zero-order chi connectivity index (χ0) is 31.2. The minimum Gasteiger partial charge on any atom is -0.491 e. The predicted octanol–water partition coefficient (Wildman–Crippen LogP) is 6.82. The summed E-state index contributed by atoms with van der Waals surface area (Å²) in [4.78, 5) is 40.3. The van der Waals surface area contributed by atoms with Crippen LogP contribution in [-0.4, -0.2) is 32.2 Å². The van der Waals surface area contributed by atoms with Crippen LogP contribution in [0.2, 0.25) is 5.02 Å². The molecule has 0 saturated carbocycles.